The molecule has 6 nitrogen and oxygen atoms in total. The fourth-order valence-corrected chi connectivity index (χ4v) is 3.25. The Morgan fingerprint density at radius 3 is 2.65 bits per heavy atom. The third kappa shape index (κ3) is 5.01. The Hall–Kier alpha value is -1.54. The summed E-state index contributed by atoms with van der Waals surface area (Å²) in [7, 11) is 0. The van der Waals surface area contributed by atoms with Gasteiger partial charge in [-0.15, -0.1) is 0 Å². The third-order valence-electron chi connectivity index (χ3n) is 3.49. The summed E-state index contributed by atoms with van der Waals surface area (Å²) in [5.74, 6) is 0.108. The Balaban J connectivity index is 1.61. The van der Waals surface area contributed by atoms with Crippen LogP contribution >= 0.6 is 50.7 Å². The van der Waals surface area contributed by atoms with Crippen molar-refractivity contribution in [3.8, 4) is 0 Å². The molecule has 10 heteroatoms. The number of aromatic nitrogens is 4. The van der Waals surface area contributed by atoms with Crippen molar-refractivity contribution in [2.75, 3.05) is 5.32 Å². The van der Waals surface area contributed by atoms with Gasteiger partial charge in [0.1, 0.15) is 5.02 Å². The van der Waals surface area contributed by atoms with Crippen molar-refractivity contribution in [2.45, 2.75) is 19.5 Å². The number of anilines is 1. The molecule has 2 heterocycles. The van der Waals surface area contributed by atoms with Crippen molar-refractivity contribution in [3.05, 3.63) is 61.9 Å². The van der Waals surface area contributed by atoms with E-state index in [9.17, 15) is 4.79 Å². The first kappa shape index (κ1) is 19.2. The van der Waals surface area contributed by atoms with E-state index < -0.39 is 0 Å². The minimum absolute atomic E-state index is 0.201. The van der Waals surface area contributed by atoms with E-state index >= 15 is 0 Å². The van der Waals surface area contributed by atoms with Gasteiger partial charge in [0.05, 0.1) is 17.2 Å². The standard InChI is InChI=1S/C16H13BrCl3N5O/c17-11-6-21-24(8-11)4-3-15(26)22-16-14(20)9-25(23-16)7-10-1-2-12(18)5-13(10)19/h1-2,5-6,8-9H,3-4,7H2,(H,22,23,26). The maximum Gasteiger partial charge on any atom is 0.227 e. The van der Waals surface area contributed by atoms with Crippen molar-refractivity contribution >= 4 is 62.5 Å². The number of carbonyl (C=O) groups excluding carboxylic acids is 1. The predicted octanol–water partition coefficient (Wildman–Crippen LogP) is 4.88. The summed E-state index contributed by atoms with van der Waals surface area (Å²) in [6.07, 6.45) is 5.34. The zero-order valence-electron chi connectivity index (χ0n) is 13.3. The number of halogens is 4. The first-order valence-electron chi connectivity index (χ1n) is 7.55. The lowest BCUT2D eigenvalue weighted by Gasteiger charge is -2.05. The SMILES string of the molecule is O=C(CCn1cc(Br)cn1)Nc1nn(Cc2ccc(Cl)cc2Cl)cc1Cl. The lowest BCUT2D eigenvalue weighted by atomic mass is 10.2. The molecule has 0 bridgehead atoms. The minimum Gasteiger partial charge on any atom is -0.308 e. The van der Waals surface area contributed by atoms with Gasteiger partial charge in [0, 0.05) is 35.4 Å². The van der Waals surface area contributed by atoms with Gasteiger partial charge < -0.3 is 5.32 Å². The molecule has 0 unspecified atom stereocenters. The van der Waals surface area contributed by atoms with Crippen LogP contribution in [-0.2, 0) is 17.9 Å². The fourth-order valence-electron chi connectivity index (χ4n) is 2.26. The van der Waals surface area contributed by atoms with E-state index in [0.29, 0.717) is 34.0 Å². The Bertz CT molecular complexity index is 940. The van der Waals surface area contributed by atoms with Gasteiger partial charge in [0.25, 0.3) is 0 Å². The van der Waals surface area contributed by atoms with Crippen molar-refractivity contribution in [1.29, 1.82) is 0 Å². The molecule has 0 fully saturated rings. The van der Waals surface area contributed by atoms with Crippen LogP contribution in [0, 0.1) is 0 Å². The number of rotatable bonds is 6. The van der Waals surface area contributed by atoms with Gasteiger partial charge in [-0.3, -0.25) is 14.2 Å². The van der Waals surface area contributed by atoms with E-state index in [1.165, 1.54) is 0 Å². The van der Waals surface area contributed by atoms with Crippen molar-refractivity contribution in [2.24, 2.45) is 0 Å². The summed E-state index contributed by atoms with van der Waals surface area (Å²) in [6.45, 7) is 0.864. The summed E-state index contributed by atoms with van der Waals surface area (Å²) >= 11 is 21.5. The molecule has 3 rings (SSSR count). The van der Waals surface area contributed by atoms with Gasteiger partial charge in [0.2, 0.25) is 5.91 Å². The van der Waals surface area contributed by atoms with E-state index in [0.717, 1.165) is 10.0 Å². The second-order valence-corrected chi connectivity index (χ2v) is 7.65. The van der Waals surface area contributed by atoms with Gasteiger partial charge in [-0.25, -0.2) is 0 Å². The third-order valence-corrected chi connectivity index (χ3v) is 4.77. The summed E-state index contributed by atoms with van der Waals surface area (Å²) in [6, 6.07) is 5.24. The van der Waals surface area contributed by atoms with Gasteiger partial charge >= 0.3 is 0 Å². The average Bonchev–Trinajstić information content (AvgIpc) is 3.14. The maximum atomic E-state index is 12.1. The van der Waals surface area contributed by atoms with Crippen LogP contribution in [0.25, 0.3) is 0 Å². The lowest BCUT2D eigenvalue weighted by molar-refractivity contribution is -0.116. The molecule has 1 aromatic carbocycles. The van der Waals surface area contributed by atoms with Crippen LogP contribution in [0.15, 0.2) is 41.3 Å². The van der Waals surface area contributed by atoms with Crippen LogP contribution in [0.1, 0.15) is 12.0 Å². The highest BCUT2D eigenvalue weighted by Crippen LogP contribution is 2.24. The molecule has 3 aromatic rings. The molecule has 0 saturated heterocycles. The number of benzene rings is 1. The fraction of sp³-hybridized carbons (Fsp3) is 0.188. The molecule has 2 aromatic heterocycles. The number of aryl methyl sites for hydroxylation is 1. The van der Waals surface area contributed by atoms with E-state index in [4.69, 9.17) is 34.8 Å². The van der Waals surface area contributed by atoms with E-state index in [-0.39, 0.29) is 12.3 Å². The second-order valence-electron chi connectivity index (χ2n) is 5.48. The molecule has 0 spiro atoms. The zero-order chi connectivity index (χ0) is 18.7. The molecule has 1 N–H and O–H groups in total. The summed E-state index contributed by atoms with van der Waals surface area (Å²) in [5, 5.41) is 12.6. The van der Waals surface area contributed by atoms with E-state index in [1.807, 2.05) is 6.07 Å². The molecule has 0 saturated carbocycles. The highest BCUT2D eigenvalue weighted by atomic mass is 79.9. The van der Waals surface area contributed by atoms with Crippen LogP contribution in [-0.4, -0.2) is 25.5 Å². The summed E-state index contributed by atoms with van der Waals surface area (Å²) < 4.78 is 4.14. The van der Waals surface area contributed by atoms with Crippen molar-refractivity contribution in [1.82, 2.24) is 19.6 Å². The number of hydrogen-bond acceptors (Lipinski definition) is 3. The first-order valence-corrected chi connectivity index (χ1v) is 9.48. The second kappa shape index (κ2) is 8.43. The van der Waals surface area contributed by atoms with E-state index in [2.05, 4.69) is 31.4 Å². The number of nitrogens with one attached hydrogen (secondary N) is 1. The first-order chi connectivity index (χ1) is 12.4. The predicted molar refractivity (Wildman–Crippen MR) is 106 cm³/mol. The van der Waals surface area contributed by atoms with Crippen LogP contribution in [0.5, 0.6) is 0 Å². The summed E-state index contributed by atoms with van der Waals surface area (Å²) in [4.78, 5) is 12.1. The largest absolute Gasteiger partial charge is 0.308 e. The molecule has 0 aliphatic carbocycles. The molecule has 1 amide bonds. The number of amides is 1. The molecular weight excluding hydrogens is 464 g/mol. The molecular formula is C16H13BrCl3N5O. The topological polar surface area (TPSA) is 64.7 Å². The molecule has 0 atom stereocenters. The Kier molecular flexibility index (Phi) is 6.24. The lowest BCUT2D eigenvalue weighted by Crippen LogP contribution is -2.15. The van der Waals surface area contributed by atoms with Gasteiger partial charge in [-0.05, 0) is 33.6 Å². The molecule has 136 valence electrons. The number of carbonyl (C=O) groups is 1. The molecule has 0 aliphatic rings. The highest BCUT2D eigenvalue weighted by molar-refractivity contribution is 9.10. The summed E-state index contributed by atoms with van der Waals surface area (Å²) in [5.41, 5.74) is 0.845. The van der Waals surface area contributed by atoms with Gasteiger partial charge in [-0.1, -0.05) is 40.9 Å². The Labute approximate surface area is 173 Å². The highest BCUT2D eigenvalue weighted by Gasteiger charge is 2.12. The monoisotopic (exact) mass is 475 g/mol. The van der Waals surface area contributed by atoms with Crippen LogP contribution in [0.4, 0.5) is 5.82 Å². The molecule has 0 aliphatic heterocycles. The minimum atomic E-state index is -0.201. The maximum absolute atomic E-state index is 12.1. The van der Waals surface area contributed by atoms with E-state index in [1.54, 1.807) is 40.1 Å². The Morgan fingerprint density at radius 1 is 1.15 bits per heavy atom. The number of hydrogen-bond donors (Lipinski definition) is 1. The van der Waals surface area contributed by atoms with Crippen molar-refractivity contribution < 1.29 is 4.79 Å². The number of nitrogens with zero attached hydrogens (tertiary/aromatic N) is 4. The van der Waals surface area contributed by atoms with Crippen LogP contribution < -0.4 is 5.32 Å². The average molecular weight is 478 g/mol. The van der Waals surface area contributed by atoms with Crippen molar-refractivity contribution in [3.63, 3.8) is 0 Å². The van der Waals surface area contributed by atoms with Crippen LogP contribution in [0.3, 0.4) is 0 Å². The zero-order valence-corrected chi connectivity index (χ0v) is 17.1. The van der Waals surface area contributed by atoms with Gasteiger partial charge in [0.15, 0.2) is 5.82 Å². The Morgan fingerprint density at radius 2 is 1.96 bits per heavy atom. The van der Waals surface area contributed by atoms with Gasteiger partial charge in [-0.2, -0.15) is 10.2 Å². The smallest absolute Gasteiger partial charge is 0.227 e. The normalized spacial score (nSPS) is 10.9. The molecule has 26 heavy (non-hydrogen) atoms. The quantitative estimate of drug-likeness (QED) is 0.550. The molecule has 0 radical (unpaired) electrons. The van der Waals surface area contributed by atoms with Crippen LogP contribution in [0.2, 0.25) is 15.1 Å².